The van der Waals surface area contributed by atoms with E-state index in [4.69, 9.17) is 10.5 Å². The Hall–Kier alpha value is -2.31. The molecule has 7 heteroatoms. The van der Waals surface area contributed by atoms with Crippen molar-refractivity contribution in [1.82, 2.24) is 9.97 Å². The van der Waals surface area contributed by atoms with E-state index >= 15 is 0 Å². The van der Waals surface area contributed by atoms with Gasteiger partial charge in [0.1, 0.15) is 11.6 Å². The first-order valence-corrected chi connectivity index (χ1v) is 5.67. The molecule has 106 valence electrons. The van der Waals surface area contributed by atoms with Gasteiger partial charge < -0.3 is 10.5 Å². The van der Waals surface area contributed by atoms with Gasteiger partial charge in [-0.1, -0.05) is 0 Å². The van der Waals surface area contributed by atoms with Gasteiger partial charge in [0.25, 0.3) is 0 Å². The Morgan fingerprint density at radius 2 is 1.95 bits per heavy atom. The highest BCUT2D eigenvalue weighted by atomic mass is 19.4. The molecule has 0 amide bonds. The minimum atomic E-state index is -4.53. The van der Waals surface area contributed by atoms with Crippen molar-refractivity contribution in [2.75, 3.05) is 12.8 Å². The Labute approximate surface area is 113 Å². The molecule has 20 heavy (non-hydrogen) atoms. The van der Waals surface area contributed by atoms with Crippen LogP contribution in [0.2, 0.25) is 0 Å². The molecule has 0 aliphatic rings. The number of nitrogens with zero attached hydrogens (tertiary/aromatic N) is 2. The van der Waals surface area contributed by atoms with E-state index in [-0.39, 0.29) is 22.8 Å². The van der Waals surface area contributed by atoms with Crippen LogP contribution in [0.1, 0.15) is 11.3 Å². The fourth-order valence-corrected chi connectivity index (χ4v) is 1.81. The zero-order chi connectivity index (χ0) is 14.9. The monoisotopic (exact) mass is 283 g/mol. The second-order valence-electron chi connectivity index (χ2n) is 4.14. The lowest BCUT2D eigenvalue weighted by molar-refractivity contribution is -0.137. The number of nitrogens with two attached hydrogens (primary N) is 1. The van der Waals surface area contributed by atoms with E-state index in [0.29, 0.717) is 5.69 Å². The average Bonchev–Trinajstić information content (AvgIpc) is 2.40. The molecular formula is C13H12F3N3O. The van der Waals surface area contributed by atoms with Crippen molar-refractivity contribution in [3.8, 4) is 17.0 Å². The number of aromatic nitrogens is 2. The molecule has 0 radical (unpaired) electrons. The molecule has 0 fully saturated rings. The van der Waals surface area contributed by atoms with Gasteiger partial charge in [0.15, 0.2) is 0 Å². The molecular weight excluding hydrogens is 271 g/mol. The summed E-state index contributed by atoms with van der Waals surface area (Å²) in [5.41, 5.74) is 5.07. The number of aryl methyl sites for hydroxylation is 1. The molecule has 2 aromatic rings. The lowest BCUT2D eigenvalue weighted by Gasteiger charge is -2.15. The van der Waals surface area contributed by atoms with Gasteiger partial charge in [-0.2, -0.15) is 13.2 Å². The van der Waals surface area contributed by atoms with Crippen LogP contribution in [0.15, 0.2) is 24.4 Å². The summed E-state index contributed by atoms with van der Waals surface area (Å²) in [4.78, 5) is 7.88. The summed E-state index contributed by atoms with van der Waals surface area (Å²) in [6.45, 7) is 1.58. The highest BCUT2D eigenvalue weighted by molar-refractivity contribution is 5.68. The summed E-state index contributed by atoms with van der Waals surface area (Å²) in [6, 6.07) is 3.67. The zero-order valence-electron chi connectivity index (χ0n) is 10.8. The minimum absolute atomic E-state index is 0.0644. The number of nitrogen functional groups attached to an aromatic ring is 1. The minimum Gasteiger partial charge on any atom is -0.497 e. The normalized spacial score (nSPS) is 11.4. The SMILES string of the molecule is COc1ccc(-c2nc(N)cnc2C)c(C(F)(F)F)c1. The van der Waals surface area contributed by atoms with Crippen molar-refractivity contribution in [1.29, 1.82) is 0 Å². The quantitative estimate of drug-likeness (QED) is 0.920. The van der Waals surface area contributed by atoms with Gasteiger partial charge in [-0.25, -0.2) is 4.98 Å². The molecule has 0 unspecified atom stereocenters. The lowest BCUT2D eigenvalue weighted by Crippen LogP contribution is -2.09. The van der Waals surface area contributed by atoms with Crippen LogP contribution >= 0.6 is 0 Å². The van der Waals surface area contributed by atoms with E-state index in [1.54, 1.807) is 6.92 Å². The molecule has 2 N–H and O–H groups in total. The molecule has 1 aromatic heterocycles. The lowest BCUT2D eigenvalue weighted by atomic mass is 10.0. The van der Waals surface area contributed by atoms with E-state index in [1.807, 2.05) is 0 Å². The predicted molar refractivity (Wildman–Crippen MR) is 68.2 cm³/mol. The van der Waals surface area contributed by atoms with Gasteiger partial charge in [0.2, 0.25) is 0 Å². The summed E-state index contributed by atoms with van der Waals surface area (Å²) in [6.07, 6.45) is -3.22. The van der Waals surface area contributed by atoms with Crippen LogP contribution in [-0.4, -0.2) is 17.1 Å². The first kappa shape index (κ1) is 14.1. The molecule has 0 bridgehead atoms. The maximum Gasteiger partial charge on any atom is 0.417 e. The van der Waals surface area contributed by atoms with Crippen molar-refractivity contribution in [3.05, 3.63) is 35.7 Å². The number of methoxy groups -OCH3 is 1. The number of anilines is 1. The smallest absolute Gasteiger partial charge is 0.417 e. The van der Waals surface area contributed by atoms with Crippen molar-refractivity contribution in [2.45, 2.75) is 13.1 Å². The van der Waals surface area contributed by atoms with Gasteiger partial charge >= 0.3 is 6.18 Å². The molecule has 1 aromatic carbocycles. The maximum atomic E-state index is 13.1. The number of alkyl halides is 3. The van der Waals surface area contributed by atoms with Gasteiger partial charge in [0, 0.05) is 5.56 Å². The van der Waals surface area contributed by atoms with Crippen LogP contribution in [0.5, 0.6) is 5.75 Å². The van der Waals surface area contributed by atoms with Crippen LogP contribution < -0.4 is 10.5 Å². The molecule has 0 saturated carbocycles. The van der Waals surface area contributed by atoms with E-state index in [2.05, 4.69) is 9.97 Å². The number of halogens is 3. The summed E-state index contributed by atoms with van der Waals surface area (Å²) < 4.78 is 44.3. The third kappa shape index (κ3) is 2.66. The number of ether oxygens (including phenoxy) is 1. The first-order valence-electron chi connectivity index (χ1n) is 5.67. The van der Waals surface area contributed by atoms with Crippen molar-refractivity contribution in [2.24, 2.45) is 0 Å². The van der Waals surface area contributed by atoms with Gasteiger partial charge in [-0.3, -0.25) is 4.98 Å². The largest absolute Gasteiger partial charge is 0.497 e. The van der Waals surface area contributed by atoms with E-state index in [0.717, 1.165) is 6.07 Å². The van der Waals surface area contributed by atoms with Crippen molar-refractivity contribution in [3.63, 3.8) is 0 Å². The second-order valence-corrected chi connectivity index (χ2v) is 4.14. The van der Waals surface area contributed by atoms with Gasteiger partial charge in [-0.15, -0.1) is 0 Å². The third-order valence-corrected chi connectivity index (χ3v) is 2.76. The van der Waals surface area contributed by atoms with E-state index in [9.17, 15) is 13.2 Å². The highest BCUT2D eigenvalue weighted by Gasteiger charge is 2.35. The molecule has 1 heterocycles. The molecule has 0 aliphatic carbocycles. The topological polar surface area (TPSA) is 61.0 Å². The average molecular weight is 283 g/mol. The van der Waals surface area contributed by atoms with Crippen molar-refractivity contribution >= 4 is 5.82 Å². The summed E-state index contributed by atoms with van der Waals surface area (Å²) >= 11 is 0. The Balaban J connectivity index is 2.70. The highest BCUT2D eigenvalue weighted by Crippen LogP contribution is 2.39. The van der Waals surface area contributed by atoms with Gasteiger partial charge in [0.05, 0.1) is 30.3 Å². The summed E-state index contributed by atoms with van der Waals surface area (Å²) in [5.74, 6) is 0.185. The molecule has 0 aliphatic heterocycles. The fourth-order valence-electron chi connectivity index (χ4n) is 1.81. The Kier molecular flexibility index (Phi) is 3.52. The number of hydrogen-bond donors (Lipinski definition) is 1. The first-order chi connectivity index (χ1) is 9.32. The summed E-state index contributed by atoms with van der Waals surface area (Å²) in [5, 5.41) is 0. The number of rotatable bonds is 2. The molecule has 0 spiro atoms. The van der Waals surface area contributed by atoms with E-state index < -0.39 is 11.7 Å². The van der Waals surface area contributed by atoms with Crippen LogP contribution in [0.25, 0.3) is 11.3 Å². The Morgan fingerprint density at radius 3 is 2.55 bits per heavy atom. The van der Waals surface area contributed by atoms with Crippen LogP contribution in [0, 0.1) is 6.92 Å². The van der Waals surface area contributed by atoms with Gasteiger partial charge in [-0.05, 0) is 25.1 Å². The van der Waals surface area contributed by atoms with E-state index in [1.165, 1.54) is 25.4 Å². The maximum absolute atomic E-state index is 13.1. The second kappa shape index (κ2) is 4.99. The Bertz CT molecular complexity index is 641. The zero-order valence-corrected chi connectivity index (χ0v) is 10.8. The number of hydrogen-bond acceptors (Lipinski definition) is 4. The molecule has 2 rings (SSSR count). The van der Waals surface area contributed by atoms with Crippen LogP contribution in [0.3, 0.4) is 0 Å². The third-order valence-electron chi connectivity index (χ3n) is 2.76. The fraction of sp³-hybridized carbons (Fsp3) is 0.231. The van der Waals surface area contributed by atoms with Crippen molar-refractivity contribution < 1.29 is 17.9 Å². The summed E-state index contributed by atoms with van der Waals surface area (Å²) in [7, 11) is 1.31. The Morgan fingerprint density at radius 1 is 1.25 bits per heavy atom. The van der Waals surface area contributed by atoms with Crippen LogP contribution in [-0.2, 0) is 6.18 Å². The predicted octanol–water partition coefficient (Wildman–Crippen LogP) is 3.06. The molecule has 0 atom stereocenters. The molecule has 4 nitrogen and oxygen atoms in total. The molecule has 0 saturated heterocycles. The number of benzene rings is 1. The standard InChI is InChI=1S/C13H12F3N3O/c1-7-12(19-11(17)6-18-7)9-4-3-8(20-2)5-10(9)13(14,15)16/h3-6H,1-2H3,(H2,17,19). The van der Waals surface area contributed by atoms with Crippen LogP contribution in [0.4, 0.5) is 19.0 Å².